The Morgan fingerprint density at radius 1 is 1.26 bits per heavy atom. The van der Waals surface area contributed by atoms with E-state index in [9.17, 15) is 9.18 Å². The van der Waals surface area contributed by atoms with Crippen molar-refractivity contribution in [3.05, 3.63) is 52.0 Å². The molecule has 0 aliphatic carbocycles. The van der Waals surface area contributed by atoms with Crippen LogP contribution in [0.3, 0.4) is 0 Å². The number of hydrogen-bond donors (Lipinski definition) is 1. The lowest BCUT2D eigenvalue weighted by molar-refractivity contribution is 0.0298. The molecule has 27 heavy (non-hydrogen) atoms. The summed E-state index contributed by atoms with van der Waals surface area (Å²) < 4.78 is 22.4. The molecule has 0 bridgehead atoms. The molecule has 3 heterocycles. The molecule has 1 amide bonds. The highest BCUT2D eigenvalue weighted by Crippen LogP contribution is 2.32. The molecule has 2 N–H and O–H groups in total. The fourth-order valence-corrected chi connectivity index (χ4v) is 3.71. The Balaban J connectivity index is 2.01. The van der Waals surface area contributed by atoms with Crippen LogP contribution in [0.15, 0.2) is 34.8 Å². The highest BCUT2D eigenvalue weighted by Gasteiger charge is 2.28. The van der Waals surface area contributed by atoms with Gasteiger partial charge in [0.15, 0.2) is 0 Å². The molecule has 1 aliphatic rings. The standard InChI is InChI=1S/C19H18BrFN4O2/c1-11-2-5-15-18(22)23-16(13-10-12(20)3-4-14(13)21)17(25(11)15)19(26)24-6-8-27-9-7-24/h2-5,10H,6-9H2,1H3,(H2,22,23). The summed E-state index contributed by atoms with van der Waals surface area (Å²) in [5.74, 6) is -0.439. The number of morpholine rings is 1. The summed E-state index contributed by atoms with van der Waals surface area (Å²) in [5, 5.41) is 0. The number of carbonyl (C=O) groups is 1. The van der Waals surface area contributed by atoms with Gasteiger partial charge < -0.3 is 19.8 Å². The summed E-state index contributed by atoms with van der Waals surface area (Å²) in [7, 11) is 0. The summed E-state index contributed by atoms with van der Waals surface area (Å²) in [5.41, 5.74) is 8.35. The van der Waals surface area contributed by atoms with Gasteiger partial charge in [-0.15, -0.1) is 0 Å². The average Bonchev–Trinajstić information content (AvgIpc) is 3.06. The van der Waals surface area contributed by atoms with Gasteiger partial charge >= 0.3 is 0 Å². The van der Waals surface area contributed by atoms with Gasteiger partial charge in [-0.2, -0.15) is 0 Å². The Morgan fingerprint density at radius 3 is 2.74 bits per heavy atom. The number of anilines is 1. The lowest BCUT2D eigenvalue weighted by Gasteiger charge is -2.28. The van der Waals surface area contributed by atoms with Gasteiger partial charge in [0.2, 0.25) is 0 Å². The number of fused-ring (bicyclic) bond motifs is 1. The first-order valence-corrected chi connectivity index (χ1v) is 9.36. The predicted octanol–water partition coefficient (Wildman–Crippen LogP) is 3.27. The smallest absolute Gasteiger partial charge is 0.273 e. The monoisotopic (exact) mass is 432 g/mol. The van der Waals surface area contributed by atoms with Crippen molar-refractivity contribution in [3.63, 3.8) is 0 Å². The lowest BCUT2D eigenvalue weighted by atomic mass is 10.1. The maximum absolute atomic E-state index is 14.6. The van der Waals surface area contributed by atoms with Crippen LogP contribution in [0.1, 0.15) is 16.2 Å². The molecule has 1 fully saturated rings. The zero-order valence-corrected chi connectivity index (χ0v) is 16.3. The molecule has 2 aromatic heterocycles. The van der Waals surface area contributed by atoms with E-state index in [1.165, 1.54) is 6.07 Å². The van der Waals surface area contributed by atoms with Crippen molar-refractivity contribution in [2.45, 2.75) is 6.92 Å². The molecule has 0 spiro atoms. The molecule has 1 aromatic carbocycles. The molecule has 0 radical (unpaired) electrons. The van der Waals surface area contributed by atoms with Gasteiger partial charge in [-0.25, -0.2) is 9.37 Å². The normalized spacial score (nSPS) is 14.7. The second-order valence-electron chi connectivity index (χ2n) is 6.42. The van der Waals surface area contributed by atoms with Crippen molar-refractivity contribution in [2.75, 3.05) is 32.0 Å². The van der Waals surface area contributed by atoms with E-state index < -0.39 is 5.82 Å². The van der Waals surface area contributed by atoms with Crippen LogP contribution in [-0.2, 0) is 4.74 Å². The maximum atomic E-state index is 14.6. The number of halogens is 2. The van der Waals surface area contributed by atoms with Gasteiger partial charge in [0.05, 0.1) is 18.7 Å². The first-order valence-electron chi connectivity index (χ1n) is 8.57. The van der Waals surface area contributed by atoms with E-state index in [0.29, 0.717) is 42.0 Å². The number of ether oxygens (including phenoxy) is 1. The van der Waals surface area contributed by atoms with Gasteiger partial charge in [0.25, 0.3) is 5.91 Å². The van der Waals surface area contributed by atoms with Crippen LogP contribution in [-0.4, -0.2) is 46.5 Å². The van der Waals surface area contributed by atoms with Crippen molar-refractivity contribution in [1.29, 1.82) is 0 Å². The van der Waals surface area contributed by atoms with Crippen molar-refractivity contribution < 1.29 is 13.9 Å². The Labute approximate surface area is 163 Å². The minimum atomic E-state index is -0.467. The lowest BCUT2D eigenvalue weighted by Crippen LogP contribution is -2.41. The molecule has 0 atom stereocenters. The first-order chi connectivity index (χ1) is 13.0. The van der Waals surface area contributed by atoms with Gasteiger partial charge in [-0.3, -0.25) is 4.79 Å². The molecule has 0 saturated carbocycles. The fraction of sp³-hybridized carbons (Fsp3) is 0.263. The Bertz CT molecular complexity index is 1040. The van der Waals surface area contributed by atoms with E-state index in [2.05, 4.69) is 20.9 Å². The highest BCUT2D eigenvalue weighted by atomic mass is 79.9. The Morgan fingerprint density at radius 2 is 2.00 bits per heavy atom. The topological polar surface area (TPSA) is 72.9 Å². The van der Waals surface area contributed by atoms with Crippen LogP contribution >= 0.6 is 15.9 Å². The van der Waals surface area contributed by atoms with Crippen LogP contribution in [0.5, 0.6) is 0 Å². The second-order valence-corrected chi connectivity index (χ2v) is 7.33. The Kier molecular flexibility index (Phi) is 4.61. The van der Waals surface area contributed by atoms with E-state index >= 15 is 0 Å². The molecular weight excluding hydrogens is 415 g/mol. The molecule has 4 rings (SSSR count). The average molecular weight is 433 g/mol. The van der Waals surface area contributed by atoms with Crippen LogP contribution in [0, 0.1) is 12.7 Å². The predicted molar refractivity (Wildman–Crippen MR) is 104 cm³/mol. The largest absolute Gasteiger partial charge is 0.382 e. The summed E-state index contributed by atoms with van der Waals surface area (Å²) >= 11 is 3.36. The molecule has 0 unspecified atom stereocenters. The minimum Gasteiger partial charge on any atom is -0.382 e. The van der Waals surface area contributed by atoms with Crippen LogP contribution < -0.4 is 5.73 Å². The Hall–Kier alpha value is -2.45. The summed E-state index contributed by atoms with van der Waals surface area (Å²) in [6, 6.07) is 8.23. The van der Waals surface area contributed by atoms with E-state index in [0.717, 1.165) is 5.69 Å². The zero-order chi connectivity index (χ0) is 19.1. The molecule has 6 nitrogen and oxygen atoms in total. The van der Waals surface area contributed by atoms with Gasteiger partial charge in [-0.1, -0.05) is 15.9 Å². The zero-order valence-electron chi connectivity index (χ0n) is 14.7. The highest BCUT2D eigenvalue weighted by molar-refractivity contribution is 9.10. The number of aryl methyl sites for hydroxylation is 1. The van der Waals surface area contributed by atoms with Crippen molar-refractivity contribution in [2.24, 2.45) is 0 Å². The number of hydrogen-bond acceptors (Lipinski definition) is 4. The van der Waals surface area contributed by atoms with Crippen molar-refractivity contribution in [3.8, 4) is 11.3 Å². The third kappa shape index (κ3) is 3.08. The SMILES string of the molecule is Cc1ccc2c(N)nc(-c3cc(Br)ccc3F)c(C(=O)N3CCOCC3)n12. The number of nitrogen functional groups attached to an aromatic ring is 1. The van der Waals surface area contributed by atoms with E-state index in [1.54, 1.807) is 21.4 Å². The van der Waals surface area contributed by atoms with E-state index in [-0.39, 0.29) is 23.0 Å². The summed E-state index contributed by atoms with van der Waals surface area (Å²) in [6.07, 6.45) is 0. The summed E-state index contributed by atoms with van der Waals surface area (Å²) in [4.78, 5) is 19.5. The number of benzene rings is 1. The van der Waals surface area contributed by atoms with Gasteiger partial charge in [0, 0.05) is 28.8 Å². The molecule has 1 saturated heterocycles. The second kappa shape index (κ2) is 6.94. The molecular formula is C19H18BrFN4O2. The number of amides is 1. The van der Waals surface area contributed by atoms with Gasteiger partial charge in [0.1, 0.15) is 23.0 Å². The van der Waals surface area contributed by atoms with Crippen LogP contribution in [0.25, 0.3) is 16.8 Å². The van der Waals surface area contributed by atoms with Gasteiger partial charge in [-0.05, 0) is 37.3 Å². The van der Waals surface area contributed by atoms with Crippen molar-refractivity contribution >= 4 is 33.2 Å². The molecule has 8 heteroatoms. The molecule has 140 valence electrons. The van der Waals surface area contributed by atoms with Crippen molar-refractivity contribution in [1.82, 2.24) is 14.3 Å². The first kappa shape index (κ1) is 17.9. The summed E-state index contributed by atoms with van der Waals surface area (Å²) in [6.45, 7) is 3.78. The molecule has 1 aliphatic heterocycles. The van der Waals surface area contributed by atoms with Crippen LogP contribution in [0.4, 0.5) is 10.2 Å². The maximum Gasteiger partial charge on any atom is 0.273 e. The van der Waals surface area contributed by atoms with E-state index in [1.807, 2.05) is 19.1 Å². The fourth-order valence-electron chi connectivity index (χ4n) is 3.35. The number of carbonyl (C=O) groups excluding carboxylic acids is 1. The number of rotatable bonds is 2. The molecule has 3 aromatic rings. The third-order valence-corrected chi connectivity index (χ3v) is 5.20. The van der Waals surface area contributed by atoms with Crippen LogP contribution in [0.2, 0.25) is 0 Å². The van der Waals surface area contributed by atoms with E-state index in [4.69, 9.17) is 10.5 Å². The number of nitrogens with zero attached hydrogens (tertiary/aromatic N) is 3. The quantitative estimate of drug-likeness (QED) is 0.674. The number of nitrogens with two attached hydrogens (primary N) is 1. The minimum absolute atomic E-state index is 0.218. The number of aromatic nitrogens is 2. The third-order valence-electron chi connectivity index (χ3n) is 4.70.